The van der Waals surface area contributed by atoms with Crippen molar-refractivity contribution >= 4 is 11.4 Å². The Bertz CT molecular complexity index is 973. The van der Waals surface area contributed by atoms with Gasteiger partial charge in [-0.2, -0.15) is 10.2 Å². The molecule has 0 atom stereocenters. The summed E-state index contributed by atoms with van der Waals surface area (Å²) in [5.74, 6) is 0. The molecular weight excluding hydrogens is 342 g/mol. The van der Waals surface area contributed by atoms with Crippen LogP contribution in [-0.4, -0.2) is 29.5 Å². The summed E-state index contributed by atoms with van der Waals surface area (Å²) in [6.45, 7) is 1.36. The fraction of sp³-hybridized carbons (Fsp3) is 0.111. The molecular formula is C18H17N9. The Morgan fingerprint density at radius 3 is 1.81 bits per heavy atom. The van der Waals surface area contributed by atoms with Gasteiger partial charge >= 0.3 is 0 Å². The van der Waals surface area contributed by atoms with Gasteiger partial charge in [0.1, 0.15) is 25.3 Å². The quantitative estimate of drug-likeness (QED) is 0.404. The van der Waals surface area contributed by atoms with Gasteiger partial charge < -0.3 is 0 Å². The van der Waals surface area contributed by atoms with Crippen LogP contribution in [0.1, 0.15) is 11.1 Å². The first-order chi connectivity index (χ1) is 13.3. The van der Waals surface area contributed by atoms with Gasteiger partial charge in [-0.15, -0.1) is 5.11 Å². The minimum atomic E-state index is 0.677. The SMILES string of the molecule is c1ncn(Cc2ccc(N=NNc3ccc(Cn4cncn4)cc3)cc2)n1. The van der Waals surface area contributed by atoms with Crippen molar-refractivity contribution in [1.82, 2.24) is 29.5 Å². The molecule has 0 bridgehead atoms. The second kappa shape index (κ2) is 8.00. The van der Waals surface area contributed by atoms with Crippen LogP contribution in [0.15, 0.2) is 84.2 Å². The molecule has 0 aliphatic rings. The van der Waals surface area contributed by atoms with Gasteiger partial charge in [0.15, 0.2) is 0 Å². The normalized spacial score (nSPS) is 11.1. The summed E-state index contributed by atoms with van der Waals surface area (Å²) in [6.07, 6.45) is 6.43. The van der Waals surface area contributed by atoms with E-state index in [1.165, 1.54) is 12.7 Å². The van der Waals surface area contributed by atoms with Crippen LogP contribution in [-0.2, 0) is 13.1 Å². The van der Waals surface area contributed by atoms with E-state index in [0.717, 1.165) is 22.5 Å². The highest BCUT2D eigenvalue weighted by Crippen LogP contribution is 2.15. The standard InChI is InChI=1S/C18H17N9/c1-5-17(6-2-15(1)9-26-13-19-11-21-26)23-25-24-18-7-3-16(4-8-18)10-27-14-20-12-22-27/h1-8,11-14H,9-10H2,(H,23,24). The van der Waals surface area contributed by atoms with Crippen LogP contribution in [0.2, 0.25) is 0 Å². The molecule has 27 heavy (non-hydrogen) atoms. The van der Waals surface area contributed by atoms with Crippen molar-refractivity contribution < 1.29 is 0 Å². The van der Waals surface area contributed by atoms with Gasteiger partial charge in [0.05, 0.1) is 24.5 Å². The molecule has 0 amide bonds. The van der Waals surface area contributed by atoms with E-state index in [1.54, 1.807) is 22.0 Å². The molecule has 1 N–H and O–H groups in total. The van der Waals surface area contributed by atoms with Gasteiger partial charge in [-0.1, -0.05) is 29.5 Å². The largest absolute Gasteiger partial charge is 0.260 e. The highest BCUT2D eigenvalue weighted by atomic mass is 15.4. The molecule has 0 fully saturated rings. The lowest BCUT2D eigenvalue weighted by atomic mass is 10.2. The molecule has 0 saturated carbocycles. The monoisotopic (exact) mass is 359 g/mol. The van der Waals surface area contributed by atoms with E-state index in [1.807, 2.05) is 48.5 Å². The minimum absolute atomic E-state index is 0.677. The van der Waals surface area contributed by atoms with Crippen molar-refractivity contribution in [2.45, 2.75) is 13.1 Å². The number of nitrogens with zero attached hydrogens (tertiary/aromatic N) is 8. The Balaban J connectivity index is 1.30. The van der Waals surface area contributed by atoms with Gasteiger partial charge in [0.25, 0.3) is 0 Å². The molecule has 2 aromatic heterocycles. The van der Waals surface area contributed by atoms with Gasteiger partial charge in [-0.25, -0.2) is 19.3 Å². The molecule has 2 heterocycles. The van der Waals surface area contributed by atoms with Crippen molar-refractivity contribution in [3.63, 3.8) is 0 Å². The fourth-order valence-corrected chi connectivity index (χ4v) is 2.50. The van der Waals surface area contributed by atoms with Crippen LogP contribution < -0.4 is 5.43 Å². The van der Waals surface area contributed by atoms with Crippen molar-refractivity contribution in [3.05, 3.63) is 85.0 Å². The average molecular weight is 359 g/mol. The number of hydrogen-bond acceptors (Lipinski definition) is 6. The van der Waals surface area contributed by atoms with E-state index < -0.39 is 0 Å². The van der Waals surface area contributed by atoms with Crippen LogP contribution in [0.5, 0.6) is 0 Å². The first-order valence-electron chi connectivity index (χ1n) is 8.35. The van der Waals surface area contributed by atoms with Crippen LogP contribution in [0.3, 0.4) is 0 Å². The summed E-state index contributed by atoms with van der Waals surface area (Å²) in [5, 5.41) is 16.4. The molecule has 9 heteroatoms. The summed E-state index contributed by atoms with van der Waals surface area (Å²) in [4.78, 5) is 7.87. The summed E-state index contributed by atoms with van der Waals surface area (Å²) in [6, 6.07) is 15.7. The molecule has 4 aromatic rings. The maximum absolute atomic E-state index is 4.18. The number of hydrogen-bond donors (Lipinski definition) is 1. The lowest BCUT2D eigenvalue weighted by Crippen LogP contribution is -1.99. The van der Waals surface area contributed by atoms with Crippen LogP contribution in [0.25, 0.3) is 0 Å². The Hall–Kier alpha value is -3.88. The number of anilines is 1. The van der Waals surface area contributed by atoms with E-state index in [4.69, 9.17) is 0 Å². The lowest BCUT2D eigenvalue weighted by molar-refractivity contribution is 0.685. The molecule has 0 radical (unpaired) electrons. The Morgan fingerprint density at radius 1 is 0.741 bits per heavy atom. The van der Waals surface area contributed by atoms with Gasteiger partial charge in [0.2, 0.25) is 0 Å². The maximum Gasteiger partial charge on any atom is 0.137 e. The zero-order valence-electron chi connectivity index (χ0n) is 14.4. The number of aromatic nitrogens is 6. The van der Waals surface area contributed by atoms with Crippen LogP contribution in [0.4, 0.5) is 11.4 Å². The highest BCUT2D eigenvalue weighted by Gasteiger charge is 1.98. The zero-order chi connectivity index (χ0) is 18.3. The summed E-state index contributed by atoms with van der Waals surface area (Å²) in [7, 11) is 0. The number of nitrogens with one attached hydrogen (secondary N) is 1. The third-order valence-corrected chi connectivity index (χ3v) is 3.86. The number of rotatable bonds is 7. The van der Waals surface area contributed by atoms with Gasteiger partial charge in [0, 0.05) is 0 Å². The second-order valence-electron chi connectivity index (χ2n) is 5.86. The Kier molecular flexibility index (Phi) is 4.91. The Labute approximate surface area is 155 Å². The number of benzene rings is 2. The molecule has 0 saturated heterocycles. The van der Waals surface area contributed by atoms with Crippen LogP contribution >= 0.6 is 0 Å². The van der Waals surface area contributed by atoms with E-state index in [9.17, 15) is 0 Å². The first kappa shape index (κ1) is 16.6. The highest BCUT2D eigenvalue weighted by molar-refractivity contribution is 5.44. The van der Waals surface area contributed by atoms with Crippen molar-refractivity contribution in [2.24, 2.45) is 10.3 Å². The Morgan fingerprint density at radius 2 is 1.30 bits per heavy atom. The van der Waals surface area contributed by atoms with Crippen molar-refractivity contribution in [2.75, 3.05) is 5.43 Å². The third-order valence-electron chi connectivity index (χ3n) is 3.86. The molecule has 0 spiro atoms. The van der Waals surface area contributed by atoms with Gasteiger partial charge in [-0.05, 0) is 35.4 Å². The zero-order valence-corrected chi connectivity index (χ0v) is 14.4. The molecule has 0 aliphatic carbocycles. The van der Waals surface area contributed by atoms with E-state index in [2.05, 4.69) is 35.9 Å². The molecule has 4 rings (SSSR count). The van der Waals surface area contributed by atoms with Crippen LogP contribution in [0, 0.1) is 0 Å². The van der Waals surface area contributed by atoms with Crippen molar-refractivity contribution in [3.8, 4) is 0 Å². The minimum Gasteiger partial charge on any atom is -0.260 e. The smallest absolute Gasteiger partial charge is 0.137 e. The second-order valence-corrected chi connectivity index (χ2v) is 5.86. The average Bonchev–Trinajstić information content (AvgIpc) is 3.39. The van der Waals surface area contributed by atoms with E-state index >= 15 is 0 Å². The summed E-state index contributed by atoms with van der Waals surface area (Å²) >= 11 is 0. The van der Waals surface area contributed by atoms with Gasteiger partial charge in [-0.3, -0.25) is 5.43 Å². The summed E-state index contributed by atoms with van der Waals surface area (Å²) in [5.41, 5.74) is 6.82. The lowest BCUT2D eigenvalue weighted by Gasteiger charge is -2.03. The maximum atomic E-state index is 4.18. The van der Waals surface area contributed by atoms with E-state index in [-0.39, 0.29) is 0 Å². The molecule has 134 valence electrons. The third kappa shape index (κ3) is 4.60. The predicted octanol–water partition coefficient (Wildman–Crippen LogP) is 3.08. The molecule has 2 aromatic carbocycles. The fourth-order valence-electron chi connectivity index (χ4n) is 2.50. The topological polar surface area (TPSA) is 98.2 Å². The summed E-state index contributed by atoms with van der Waals surface area (Å²) < 4.78 is 3.54. The van der Waals surface area contributed by atoms with E-state index in [0.29, 0.717) is 13.1 Å². The molecule has 0 unspecified atom stereocenters. The molecule has 0 aliphatic heterocycles. The predicted molar refractivity (Wildman–Crippen MR) is 99.3 cm³/mol. The molecule has 9 nitrogen and oxygen atoms in total. The first-order valence-corrected chi connectivity index (χ1v) is 8.35. The van der Waals surface area contributed by atoms with Crippen molar-refractivity contribution in [1.29, 1.82) is 0 Å².